The van der Waals surface area contributed by atoms with E-state index in [2.05, 4.69) is 5.32 Å². The Morgan fingerprint density at radius 2 is 2.24 bits per heavy atom. The minimum atomic E-state index is -4.47. The van der Waals surface area contributed by atoms with Gasteiger partial charge in [-0.15, -0.1) is 0 Å². The molecule has 1 aliphatic rings. The fourth-order valence-corrected chi connectivity index (χ4v) is 1.55. The fraction of sp³-hybridized carbons (Fsp3) is 0.889. The van der Waals surface area contributed by atoms with Crippen LogP contribution in [0, 0.1) is 0 Å². The van der Waals surface area contributed by atoms with E-state index in [1.807, 2.05) is 0 Å². The maximum atomic E-state index is 12.2. The van der Waals surface area contributed by atoms with E-state index < -0.39 is 31.3 Å². The molecule has 1 unspecified atom stereocenters. The van der Waals surface area contributed by atoms with Crippen molar-refractivity contribution in [2.24, 2.45) is 0 Å². The van der Waals surface area contributed by atoms with Crippen LogP contribution >= 0.6 is 0 Å². The normalized spacial score (nSPS) is 21.3. The maximum Gasteiger partial charge on any atom is 0.406 e. The van der Waals surface area contributed by atoms with E-state index in [0.29, 0.717) is 18.1 Å². The van der Waals surface area contributed by atoms with Gasteiger partial charge in [-0.2, -0.15) is 13.2 Å². The molecule has 0 aromatic carbocycles. The van der Waals surface area contributed by atoms with Gasteiger partial charge in [0.15, 0.2) is 0 Å². The van der Waals surface area contributed by atoms with E-state index in [1.54, 1.807) is 0 Å². The Morgan fingerprint density at radius 1 is 1.53 bits per heavy atom. The van der Waals surface area contributed by atoms with Crippen molar-refractivity contribution in [1.82, 2.24) is 10.2 Å². The molecule has 1 saturated heterocycles. The standard InChI is InChI=1S/C9H15F3N2O3/c10-9(11,12)6-14(2-3-15)8(16)7-5-17-4-1-13-7/h7,13,15H,1-6H2. The van der Waals surface area contributed by atoms with E-state index in [4.69, 9.17) is 9.84 Å². The Balaban J connectivity index is 2.58. The van der Waals surface area contributed by atoms with Gasteiger partial charge < -0.3 is 20.1 Å². The number of aliphatic hydroxyl groups is 1. The summed E-state index contributed by atoms with van der Waals surface area (Å²) in [4.78, 5) is 12.3. The zero-order valence-corrected chi connectivity index (χ0v) is 9.16. The number of alkyl halides is 3. The fourth-order valence-electron chi connectivity index (χ4n) is 1.55. The number of carbonyl (C=O) groups is 1. The van der Waals surface area contributed by atoms with E-state index in [9.17, 15) is 18.0 Å². The number of morpholine rings is 1. The molecule has 8 heteroatoms. The zero-order valence-electron chi connectivity index (χ0n) is 9.16. The minimum absolute atomic E-state index is 0.0542. The molecule has 100 valence electrons. The summed E-state index contributed by atoms with van der Waals surface area (Å²) < 4.78 is 41.7. The van der Waals surface area contributed by atoms with Gasteiger partial charge in [0.2, 0.25) is 5.91 Å². The summed E-state index contributed by atoms with van der Waals surface area (Å²) in [5.41, 5.74) is 0. The molecule has 17 heavy (non-hydrogen) atoms. The number of aliphatic hydroxyl groups excluding tert-OH is 1. The Morgan fingerprint density at radius 3 is 2.71 bits per heavy atom. The second-order valence-corrected chi connectivity index (χ2v) is 3.68. The summed E-state index contributed by atoms with van der Waals surface area (Å²) in [6.07, 6.45) is -4.47. The van der Waals surface area contributed by atoms with Crippen molar-refractivity contribution in [3.63, 3.8) is 0 Å². The van der Waals surface area contributed by atoms with Crippen LogP contribution in [-0.2, 0) is 9.53 Å². The van der Waals surface area contributed by atoms with Gasteiger partial charge >= 0.3 is 6.18 Å². The van der Waals surface area contributed by atoms with Gasteiger partial charge in [-0.1, -0.05) is 0 Å². The molecule has 1 heterocycles. The number of hydrogen-bond donors (Lipinski definition) is 2. The number of nitrogens with one attached hydrogen (secondary N) is 1. The highest BCUT2D eigenvalue weighted by molar-refractivity contribution is 5.82. The molecular formula is C9H15F3N2O3. The molecule has 0 saturated carbocycles. The molecule has 0 bridgehead atoms. The van der Waals surface area contributed by atoms with Crippen molar-refractivity contribution in [1.29, 1.82) is 0 Å². The second-order valence-electron chi connectivity index (χ2n) is 3.68. The molecular weight excluding hydrogens is 241 g/mol. The van der Waals surface area contributed by atoms with Crippen LogP contribution in [0.3, 0.4) is 0 Å². The first-order chi connectivity index (χ1) is 7.94. The first kappa shape index (κ1) is 14.2. The number of nitrogens with zero attached hydrogens (tertiary/aromatic N) is 1. The zero-order chi connectivity index (χ0) is 12.9. The summed E-state index contributed by atoms with van der Waals surface area (Å²) in [7, 11) is 0. The average molecular weight is 256 g/mol. The molecule has 0 radical (unpaired) electrons. The summed E-state index contributed by atoms with van der Waals surface area (Å²) in [6, 6.07) is -0.766. The maximum absolute atomic E-state index is 12.2. The van der Waals surface area contributed by atoms with Crippen LogP contribution < -0.4 is 5.32 Å². The number of amides is 1. The second kappa shape index (κ2) is 6.18. The Labute approximate surface area is 96.5 Å². The number of ether oxygens (including phenoxy) is 1. The molecule has 1 aliphatic heterocycles. The van der Waals surface area contributed by atoms with Crippen molar-refractivity contribution in [3.05, 3.63) is 0 Å². The van der Waals surface area contributed by atoms with Crippen molar-refractivity contribution in [3.8, 4) is 0 Å². The summed E-state index contributed by atoms with van der Waals surface area (Å²) in [5, 5.41) is 11.4. The topological polar surface area (TPSA) is 61.8 Å². The predicted molar refractivity (Wildman–Crippen MR) is 52.3 cm³/mol. The molecule has 0 aromatic rings. The van der Waals surface area contributed by atoms with Crippen LogP contribution in [-0.4, -0.2) is 67.6 Å². The number of halogens is 3. The predicted octanol–water partition coefficient (Wildman–Crippen LogP) is -0.642. The quantitative estimate of drug-likeness (QED) is 0.702. The number of rotatable bonds is 4. The van der Waals surface area contributed by atoms with Gasteiger partial charge in [0, 0.05) is 13.1 Å². The van der Waals surface area contributed by atoms with Crippen LogP contribution in [0.1, 0.15) is 0 Å². The molecule has 1 fully saturated rings. The van der Waals surface area contributed by atoms with Crippen molar-refractivity contribution >= 4 is 5.91 Å². The third-order valence-corrected chi connectivity index (χ3v) is 2.27. The lowest BCUT2D eigenvalue weighted by Gasteiger charge is -2.30. The molecule has 2 N–H and O–H groups in total. The van der Waals surface area contributed by atoms with Crippen LogP contribution in [0.4, 0.5) is 13.2 Å². The largest absolute Gasteiger partial charge is 0.406 e. The Hall–Kier alpha value is -0.860. The molecule has 0 spiro atoms. The molecule has 1 rings (SSSR count). The summed E-state index contributed by atoms with van der Waals surface area (Å²) in [6.45, 7) is -1.28. The van der Waals surface area contributed by atoms with E-state index in [1.165, 1.54) is 0 Å². The van der Waals surface area contributed by atoms with Crippen LogP contribution in [0.25, 0.3) is 0 Å². The average Bonchev–Trinajstić information content (AvgIpc) is 2.27. The van der Waals surface area contributed by atoms with Gasteiger partial charge in [0.25, 0.3) is 0 Å². The monoisotopic (exact) mass is 256 g/mol. The molecule has 5 nitrogen and oxygen atoms in total. The summed E-state index contributed by atoms with van der Waals surface area (Å²) >= 11 is 0. The van der Waals surface area contributed by atoms with Gasteiger partial charge in [0.05, 0.1) is 19.8 Å². The van der Waals surface area contributed by atoms with E-state index in [0.717, 1.165) is 0 Å². The van der Waals surface area contributed by atoms with E-state index in [-0.39, 0.29) is 13.2 Å². The summed E-state index contributed by atoms with van der Waals surface area (Å²) in [5.74, 6) is -0.698. The highest BCUT2D eigenvalue weighted by atomic mass is 19.4. The first-order valence-corrected chi connectivity index (χ1v) is 5.21. The lowest BCUT2D eigenvalue weighted by Crippen LogP contribution is -2.54. The molecule has 1 atom stereocenters. The minimum Gasteiger partial charge on any atom is -0.395 e. The van der Waals surface area contributed by atoms with Crippen molar-refractivity contribution in [2.75, 3.05) is 39.5 Å². The van der Waals surface area contributed by atoms with E-state index >= 15 is 0 Å². The smallest absolute Gasteiger partial charge is 0.395 e. The van der Waals surface area contributed by atoms with Gasteiger partial charge in [-0.3, -0.25) is 4.79 Å². The molecule has 0 aromatic heterocycles. The Kier molecular flexibility index (Phi) is 5.16. The third-order valence-electron chi connectivity index (χ3n) is 2.27. The molecule has 1 amide bonds. The SMILES string of the molecule is O=C(C1COCCN1)N(CCO)CC(F)(F)F. The third kappa shape index (κ3) is 4.88. The van der Waals surface area contributed by atoms with Crippen molar-refractivity contribution < 1.29 is 27.8 Å². The van der Waals surface area contributed by atoms with Gasteiger partial charge in [-0.05, 0) is 0 Å². The number of hydrogen-bond acceptors (Lipinski definition) is 4. The van der Waals surface area contributed by atoms with Crippen LogP contribution in [0.15, 0.2) is 0 Å². The van der Waals surface area contributed by atoms with Crippen LogP contribution in [0.2, 0.25) is 0 Å². The highest BCUT2D eigenvalue weighted by Crippen LogP contribution is 2.17. The lowest BCUT2D eigenvalue weighted by atomic mass is 10.2. The van der Waals surface area contributed by atoms with Crippen LogP contribution in [0.5, 0.6) is 0 Å². The van der Waals surface area contributed by atoms with Crippen molar-refractivity contribution in [2.45, 2.75) is 12.2 Å². The Bertz CT molecular complexity index is 254. The first-order valence-electron chi connectivity index (χ1n) is 5.21. The van der Waals surface area contributed by atoms with Gasteiger partial charge in [-0.25, -0.2) is 0 Å². The number of carbonyl (C=O) groups excluding carboxylic acids is 1. The molecule has 0 aliphatic carbocycles. The lowest BCUT2D eigenvalue weighted by molar-refractivity contribution is -0.164. The van der Waals surface area contributed by atoms with Gasteiger partial charge in [0.1, 0.15) is 12.6 Å². The highest BCUT2D eigenvalue weighted by Gasteiger charge is 2.35.